The molecule has 0 aliphatic rings. The summed E-state index contributed by atoms with van der Waals surface area (Å²) >= 11 is 0. The Labute approximate surface area is 79.6 Å². The monoisotopic (exact) mass is 179 g/mol. The maximum Gasteiger partial charge on any atom is 0.0950 e. The Hall–Kier alpha value is -1.02. The number of furan rings is 1. The highest BCUT2D eigenvalue weighted by Crippen LogP contribution is 2.18. The van der Waals surface area contributed by atoms with Crippen molar-refractivity contribution in [3.8, 4) is 0 Å². The molecule has 1 aromatic heterocycles. The predicted molar refractivity (Wildman–Crippen MR) is 54.6 cm³/mol. The van der Waals surface area contributed by atoms with Crippen LogP contribution in [0, 0.1) is 0 Å². The lowest BCUT2D eigenvalue weighted by Crippen LogP contribution is -2.20. The van der Waals surface area contributed by atoms with E-state index in [9.17, 15) is 0 Å². The van der Waals surface area contributed by atoms with E-state index in [1.165, 1.54) is 5.56 Å². The summed E-state index contributed by atoms with van der Waals surface area (Å²) in [7, 11) is 0. The number of nitrogens with one attached hydrogen (secondary N) is 1. The molecule has 1 aromatic rings. The fourth-order valence-electron chi connectivity index (χ4n) is 1.39. The highest BCUT2D eigenvalue weighted by molar-refractivity contribution is 5.11. The molecule has 1 rings (SSSR count). The van der Waals surface area contributed by atoms with Crippen molar-refractivity contribution >= 4 is 0 Å². The van der Waals surface area contributed by atoms with E-state index in [2.05, 4.69) is 18.8 Å². The van der Waals surface area contributed by atoms with Gasteiger partial charge in [0.05, 0.1) is 12.5 Å². The van der Waals surface area contributed by atoms with Gasteiger partial charge in [-0.05, 0) is 25.5 Å². The van der Waals surface area contributed by atoms with E-state index < -0.39 is 0 Å². The highest BCUT2D eigenvalue weighted by atomic mass is 16.3. The first-order valence-corrected chi connectivity index (χ1v) is 4.74. The third kappa shape index (κ3) is 3.07. The molecule has 1 heterocycles. The summed E-state index contributed by atoms with van der Waals surface area (Å²) in [5.74, 6) is 0. The lowest BCUT2D eigenvalue weighted by atomic mass is 10.1. The summed E-state index contributed by atoms with van der Waals surface area (Å²) in [6, 6.07) is 2.41. The summed E-state index contributed by atoms with van der Waals surface area (Å²) in [6.07, 6.45) is 7.58. The molecule has 1 unspecified atom stereocenters. The number of rotatable bonds is 6. The van der Waals surface area contributed by atoms with E-state index in [-0.39, 0.29) is 0 Å². The van der Waals surface area contributed by atoms with Crippen molar-refractivity contribution in [3.63, 3.8) is 0 Å². The Morgan fingerprint density at radius 1 is 1.69 bits per heavy atom. The van der Waals surface area contributed by atoms with Gasteiger partial charge in [0.15, 0.2) is 0 Å². The number of allylic oxidation sites excluding steroid dienone is 1. The van der Waals surface area contributed by atoms with E-state index >= 15 is 0 Å². The Kier molecular flexibility index (Phi) is 4.33. The summed E-state index contributed by atoms with van der Waals surface area (Å²) in [6.45, 7) is 6.81. The predicted octanol–water partition coefficient (Wildman–Crippen LogP) is 2.90. The van der Waals surface area contributed by atoms with Gasteiger partial charge >= 0.3 is 0 Å². The fraction of sp³-hybridized carbons (Fsp3) is 0.455. The Bertz CT molecular complexity index is 228. The summed E-state index contributed by atoms with van der Waals surface area (Å²) in [5.41, 5.74) is 1.23. The first-order chi connectivity index (χ1) is 6.38. The summed E-state index contributed by atoms with van der Waals surface area (Å²) in [4.78, 5) is 0. The molecular formula is C11H17NO. The van der Waals surface area contributed by atoms with Gasteiger partial charge in [-0.2, -0.15) is 0 Å². The van der Waals surface area contributed by atoms with Crippen LogP contribution in [0.2, 0.25) is 0 Å². The van der Waals surface area contributed by atoms with Crippen LogP contribution in [0.15, 0.2) is 35.7 Å². The van der Waals surface area contributed by atoms with Crippen LogP contribution >= 0.6 is 0 Å². The van der Waals surface area contributed by atoms with E-state index in [4.69, 9.17) is 4.42 Å². The van der Waals surface area contributed by atoms with Crippen molar-refractivity contribution < 1.29 is 4.42 Å². The minimum absolute atomic E-state index is 0.404. The van der Waals surface area contributed by atoms with Gasteiger partial charge in [-0.15, -0.1) is 6.58 Å². The molecule has 13 heavy (non-hydrogen) atoms. The average molecular weight is 179 g/mol. The molecule has 0 aliphatic carbocycles. The molecule has 0 spiro atoms. The van der Waals surface area contributed by atoms with Gasteiger partial charge in [0.1, 0.15) is 0 Å². The smallest absolute Gasteiger partial charge is 0.0950 e. The highest BCUT2D eigenvalue weighted by Gasteiger charge is 2.09. The molecule has 1 atom stereocenters. The van der Waals surface area contributed by atoms with E-state index in [1.807, 2.05) is 12.1 Å². The summed E-state index contributed by atoms with van der Waals surface area (Å²) < 4.78 is 5.06. The first kappa shape index (κ1) is 10.1. The molecule has 0 fully saturated rings. The molecule has 2 nitrogen and oxygen atoms in total. The standard InChI is InChI=1S/C11H17NO/c1-3-5-6-11(12-4-2)10-7-8-13-9-10/h3,7-9,11-12H,1,4-6H2,2H3. The van der Waals surface area contributed by atoms with Crippen molar-refractivity contribution in [1.29, 1.82) is 0 Å². The van der Waals surface area contributed by atoms with E-state index in [0.29, 0.717) is 6.04 Å². The molecule has 0 bridgehead atoms. The maximum atomic E-state index is 5.06. The zero-order chi connectivity index (χ0) is 9.52. The van der Waals surface area contributed by atoms with Crippen molar-refractivity contribution in [2.75, 3.05) is 6.54 Å². The molecule has 0 amide bonds. The fourth-order valence-corrected chi connectivity index (χ4v) is 1.39. The third-order valence-electron chi connectivity index (χ3n) is 2.06. The second-order valence-corrected chi connectivity index (χ2v) is 3.03. The quantitative estimate of drug-likeness (QED) is 0.679. The Balaban J connectivity index is 2.51. The van der Waals surface area contributed by atoms with Crippen LogP contribution < -0.4 is 5.32 Å². The van der Waals surface area contributed by atoms with Crippen LogP contribution in [-0.2, 0) is 0 Å². The van der Waals surface area contributed by atoms with Gasteiger partial charge in [0.2, 0.25) is 0 Å². The van der Waals surface area contributed by atoms with Crippen molar-refractivity contribution in [3.05, 3.63) is 36.8 Å². The van der Waals surface area contributed by atoms with Gasteiger partial charge in [0, 0.05) is 11.6 Å². The molecule has 2 heteroatoms. The maximum absolute atomic E-state index is 5.06. The largest absolute Gasteiger partial charge is 0.472 e. The zero-order valence-corrected chi connectivity index (χ0v) is 8.12. The van der Waals surface area contributed by atoms with Crippen LogP contribution in [0.3, 0.4) is 0 Å². The molecule has 72 valence electrons. The Morgan fingerprint density at radius 3 is 3.08 bits per heavy atom. The van der Waals surface area contributed by atoms with Gasteiger partial charge < -0.3 is 9.73 Å². The number of hydrogen-bond donors (Lipinski definition) is 1. The first-order valence-electron chi connectivity index (χ1n) is 4.74. The molecular weight excluding hydrogens is 162 g/mol. The molecule has 0 radical (unpaired) electrons. The van der Waals surface area contributed by atoms with Crippen LogP contribution in [0.5, 0.6) is 0 Å². The van der Waals surface area contributed by atoms with Gasteiger partial charge in [0.25, 0.3) is 0 Å². The topological polar surface area (TPSA) is 25.2 Å². The third-order valence-corrected chi connectivity index (χ3v) is 2.06. The van der Waals surface area contributed by atoms with Crippen LogP contribution in [0.1, 0.15) is 31.4 Å². The normalized spacial score (nSPS) is 12.7. The Morgan fingerprint density at radius 2 is 2.54 bits per heavy atom. The minimum Gasteiger partial charge on any atom is -0.472 e. The second-order valence-electron chi connectivity index (χ2n) is 3.03. The van der Waals surface area contributed by atoms with E-state index in [0.717, 1.165) is 19.4 Å². The van der Waals surface area contributed by atoms with Gasteiger partial charge in [-0.25, -0.2) is 0 Å². The second kappa shape index (κ2) is 5.60. The SMILES string of the molecule is C=CCCC(NCC)c1ccoc1. The van der Waals surface area contributed by atoms with Crippen molar-refractivity contribution in [1.82, 2.24) is 5.32 Å². The van der Waals surface area contributed by atoms with Gasteiger partial charge in [-0.3, -0.25) is 0 Å². The zero-order valence-electron chi connectivity index (χ0n) is 8.12. The molecule has 0 saturated heterocycles. The molecule has 0 aromatic carbocycles. The summed E-state index contributed by atoms with van der Waals surface area (Å²) in [5, 5.41) is 3.41. The van der Waals surface area contributed by atoms with Crippen LogP contribution in [0.25, 0.3) is 0 Å². The lowest BCUT2D eigenvalue weighted by molar-refractivity contribution is 0.504. The van der Waals surface area contributed by atoms with Crippen LogP contribution in [0.4, 0.5) is 0 Å². The molecule has 0 aliphatic heterocycles. The van der Waals surface area contributed by atoms with Crippen molar-refractivity contribution in [2.24, 2.45) is 0 Å². The van der Waals surface area contributed by atoms with Crippen LogP contribution in [-0.4, -0.2) is 6.54 Å². The molecule has 1 N–H and O–H groups in total. The average Bonchev–Trinajstić information content (AvgIpc) is 2.65. The van der Waals surface area contributed by atoms with Gasteiger partial charge in [-0.1, -0.05) is 13.0 Å². The number of hydrogen-bond acceptors (Lipinski definition) is 2. The van der Waals surface area contributed by atoms with E-state index in [1.54, 1.807) is 12.5 Å². The van der Waals surface area contributed by atoms with Crippen molar-refractivity contribution in [2.45, 2.75) is 25.8 Å². The lowest BCUT2D eigenvalue weighted by Gasteiger charge is -2.14. The molecule has 0 saturated carbocycles. The minimum atomic E-state index is 0.404.